The summed E-state index contributed by atoms with van der Waals surface area (Å²) in [7, 11) is 0. The number of amides is 1. The molecule has 1 saturated heterocycles. The van der Waals surface area contributed by atoms with Crippen LogP contribution in [0.3, 0.4) is 0 Å². The summed E-state index contributed by atoms with van der Waals surface area (Å²) in [5.41, 5.74) is 6.80. The van der Waals surface area contributed by atoms with E-state index < -0.39 is 5.91 Å². The van der Waals surface area contributed by atoms with E-state index in [1.54, 1.807) is 12.1 Å². The van der Waals surface area contributed by atoms with Gasteiger partial charge in [-0.25, -0.2) is 4.98 Å². The minimum absolute atomic E-state index is 0.369. The number of likely N-dealkylation sites (tertiary alicyclic amines) is 1. The fourth-order valence-corrected chi connectivity index (χ4v) is 2.49. The van der Waals surface area contributed by atoms with E-state index in [0.29, 0.717) is 22.6 Å². The molecule has 2 N–H and O–H groups in total. The molecule has 99 valence electrons. The van der Waals surface area contributed by atoms with E-state index >= 15 is 0 Å². The summed E-state index contributed by atoms with van der Waals surface area (Å²) in [4.78, 5) is 18.1. The zero-order chi connectivity index (χ0) is 13.2. The van der Waals surface area contributed by atoms with Crippen LogP contribution in [0.15, 0.2) is 16.5 Å². The third kappa shape index (κ3) is 2.46. The largest absolute Gasteiger partial charge is 0.441 e. The molecule has 0 aliphatic carbocycles. The van der Waals surface area contributed by atoms with E-state index in [1.807, 2.05) is 0 Å². The minimum atomic E-state index is -0.499. The smallest absolute Gasteiger partial charge is 0.251 e. The molecule has 0 spiro atoms. The van der Waals surface area contributed by atoms with Crippen molar-refractivity contribution in [3.8, 4) is 0 Å². The van der Waals surface area contributed by atoms with Crippen molar-refractivity contribution in [2.75, 3.05) is 19.6 Å². The number of rotatable bonds is 4. The Morgan fingerprint density at radius 2 is 2.21 bits per heavy atom. The SMILES string of the molecule is NC(=O)c1c[c]cc2oc(CCN3CCCC3)nc12. The van der Waals surface area contributed by atoms with E-state index in [9.17, 15) is 4.79 Å². The summed E-state index contributed by atoms with van der Waals surface area (Å²) in [6.45, 7) is 3.25. The average molecular weight is 258 g/mol. The highest BCUT2D eigenvalue weighted by Gasteiger charge is 2.15. The number of fused-ring (bicyclic) bond motifs is 1. The first kappa shape index (κ1) is 12.2. The topological polar surface area (TPSA) is 72.4 Å². The third-order valence-electron chi connectivity index (χ3n) is 3.50. The average Bonchev–Trinajstić information content (AvgIpc) is 3.04. The fourth-order valence-electron chi connectivity index (χ4n) is 2.49. The third-order valence-corrected chi connectivity index (χ3v) is 3.50. The van der Waals surface area contributed by atoms with Gasteiger partial charge in [0.2, 0.25) is 0 Å². The summed E-state index contributed by atoms with van der Waals surface area (Å²) >= 11 is 0. The van der Waals surface area contributed by atoms with E-state index in [-0.39, 0.29) is 0 Å². The highest BCUT2D eigenvalue weighted by Crippen LogP contribution is 2.20. The van der Waals surface area contributed by atoms with Gasteiger partial charge >= 0.3 is 0 Å². The van der Waals surface area contributed by atoms with Gasteiger partial charge in [0.1, 0.15) is 5.52 Å². The zero-order valence-electron chi connectivity index (χ0n) is 10.7. The van der Waals surface area contributed by atoms with Crippen molar-refractivity contribution in [1.82, 2.24) is 9.88 Å². The lowest BCUT2D eigenvalue weighted by Gasteiger charge is -2.12. The molecular formula is C14H16N3O2. The quantitative estimate of drug-likeness (QED) is 0.898. The van der Waals surface area contributed by atoms with E-state index in [4.69, 9.17) is 10.2 Å². The summed E-state index contributed by atoms with van der Waals surface area (Å²) < 4.78 is 5.64. The first-order valence-electron chi connectivity index (χ1n) is 6.56. The highest BCUT2D eigenvalue weighted by molar-refractivity contribution is 6.03. The Morgan fingerprint density at radius 1 is 1.42 bits per heavy atom. The van der Waals surface area contributed by atoms with Crippen molar-refractivity contribution in [3.05, 3.63) is 29.7 Å². The van der Waals surface area contributed by atoms with Crippen LogP contribution in [0.4, 0.5) is 0 Å². The van der Waals surface area contributed by atoms with E-state index in [1.165, 1.54) is 12.8 Å². The van der Waals surface area contributed by atoms with Crippen LogP contribution in [-0.4, -0.2) is 35.4 Å². The first-order chi connectivity index (χ1) is 9.24. The second kappa shape index (κ2) is 5.01. The molecule has 0 unspecified atom stereocenters. The molecule has 19 heavy (non-hydrogen) atoms. The molecule has 1 amide bonds. The van der Waals surface area contributed by atoms with Gasteiger partial charge in [0.05, 0.1) is 5.56 Å². The van der Waals surface area contributed by atoms with Gasteiger partial charge in [-0.15, -0.1) is 0 Å². The van der Waals surface area contributed by atoms with Crippen LogP contribution in [-0.2, 0) is 6.42 Å². The summed E-state index contributed by atoms with van der Waals surface area (Å²) in [6, 6.07) is 6.09. The zero-order valence-corrected chi connectivity index (χ0v) is 10.7. The monoisotopic (exact) mass is 258 g/mol. The van der Waals surface area contributed by atoms with Crippen LogP contribution in [0.25, 0.3) is 11.1 Å². The van der Waals surface area contributed by atoms with Crippen molar-refractivity contribution in [2.24, 2.45) is 5.73 Å². The molecule has 5 nitrogen and oxygen atoms in total. The number of hydrogen-bond donors (Lipinski definition) is 1. The van der Waals surface area contributed by atoms with Crippen molar-refractivity contribution in [3.63, 3.8) is 0 Å². The molecule has 2 heterocycles. The maximum absolute atomic E-state index is 11.3. The first-order valence-corrected chi connectivity index (χ1v) is 6.56. The molecule has 3 rings (SSSR count). The highest BCUT2D eigenvalue weighted by atomic mass is 16.3. The van der Waals surface area contributed by atoms with Crippen molar-refractivity contribution in [2.45, 2.75) is 19.3 Å². The van der Waals surface area contributed by atoms with Crippen molar-refractivity contribution in [1.29, 1.82) is 0 Å². The van der Waals surface area contributed by atoms with Crippen LogP contribution in [0.5, 0.6) is 0 Å². The molecule has 5 heteroatoms. The number of primary amides is 1. The van der Waals surface area contributed by atoms with Gasteiger partial charge in [-0.3, -0.25) is 4.79 Å². The van der Waals surface area contributed by atoms with Gasteiger partial charge in [0.15, 0.2) is 11.5 Å². The lowest BCUT2D eigenvalue weighted by Crippen LogP contribution is -2.22. The Hall–Kier alpha value is -1.88. The molecule has 1 aliphatic rings. The van der Waals surface area contributed by atoms with Crippen LogP contribution >= 0.6 is 0 Å². The van der Waals surface area contributed by atoms with Gasteiger partial charge in [-0.05, 0) is 44.1 Å². The normalized spacial score (nSPS) is 16.2. The molecule has 2 aromatic rings. The maximum atomic E-state index is 11.3. The second-order valence-electron chi connectivity index (χ2n) is 4.85. The lowest BCUT2D eigenvalue weighted by atomic mass is 10.2. The number of hydrogen-bond acceptors (Lipinski definition) is 4. The minimum Gasteiger partial charge on any atom is -0.441 e. The molecule has 0 saturated carbocycles. The van der Waals surface area contributed by atoms with Crippen molar-refractivity contribution < 1.29 is 9.21 Å². The Morgan fingerprint density at radius 3 is 2.95 bits per heavy atom. The van der Waals surface area contributed by atoms with E-state index in [0.717, 1.165) is 26.1 Å². The number of nitrogens with two attached hydrogens (primary N) is 1. The lowest BCUT2D eigenvalue weighted by molar-refractivity contribution is 0.100. The van der Waals surface area contributed by atoms with Crippen LogP contribution in [0.1, 0.15) is 29.1 Å². The van der Waals surface area contributed by atoms with Gasteiger partial charge in [-0.2, -0.15) is 0 Å². The van der Waals surface area contributed by atoms with Gasteiger partial charge < -0.3 is 15.1 Å². The van der Waals surface area contributed by atoms with Gasteiger partial charge in [0, 0.05) is 13.0 Å². The number of carbonyl (C=O) groups is 1. The summed E-state index contributed by atoms with van der Waals surface area (Å²) in [5, 5.41) is 0. The molecule has 0 bridgehead atoms. The Balaban J connectivity index is 1.80. The molecule has 0 atom stereocenters. The maximum Gasteiger partial charge on any atom is 0.251 e. The number of oxazole rings is 1. The Kier molecular flexibility index (Phi) is 3.21. The predicted octanol–water partition coefficient (Wildman–Crippen LogP) is 1.37. The summed E-state index contributed by atoms with van der Waals surface area (Å²) in [6.07, 6.45) is 3.30. The van der Waals surface area contributed by atoms with Crippen LogP contribution in [0, 0.1) is 6.07 Å². The second-order valence-corrected chi connectivity index (χ2v) is 4.85. The Labute approximate surface area is 111 Å². The van der Waals surface area contributed by atoms with E-state index in [2.05, 4.69) is 16.0 Å². The molecule has 1 aliphatic heterocycles. The number of benzene rings is 1. The molecule has 1 fully saturated rings. The van der Waals surface area contributed by atoms with Gasteiger partial charge in [0.25, 0.3) is 5.91 Å². The molecule has 1 aromatic heterocycles. The molecule has 1 radical (unpaired) electrons. The molecular weight excluding hydrogens is 242 g/mol. The fraction of sp³-hybridized carbons (Fsp3) is 0.429. The van der Waals surface area contributed by atoms with Gasteiger partial charge in [-0.1, -0.05) is 0 Å². The van der Waals surface area contributed by atoms with Crippen LogP contribution in [0.2, 0.25) is 0 Å². The number of nitrogens with zero attached hydrogens (tertiary/aromatic N) is 2. The van der Waals surface area contributed by atoms with Crippen molar-refractivity contribution >= 4 is 17.0 Å². The number of aromatic nitrogens is 1. The summed E-state index contributed by atoms with van der Waals surface area (Å²) in [5.74, 6) is 0.158. The number of carbonyl (C=O) groups excluding carboxylic acids is 1. The standard InChI is InChI=1S/C14H16N3O2/c15-14(18)10-4-3-5-11-13(10)16-12(19-11)6-9-17-7-1-2-8-17/h4-5H,1-2,6-9H2,(H2,15,18). The van der Waals surface area contributed by atoms with Crippen LogP contribution < -0.4 is 5.73 Å². The Bertz CT molecular complexity index is 600. The molecule has 1 aromatic carbocycles. The predicted molar refractivity (Wildman–Crippen MR) is 70.7 cm³/mol.